The SMILES string of the molecule is O=C(O)COc1c(-c2cccc(Cl)c2)cc(C(=O)NCCCc2ccccc2)cc1-c1cccc(C(F)(F)F)c1. The molecule has 0 radical (unpaired) electrons. The zero-order valence-corrected chi connectivity index (χ0v) is 21.9. The maximum absolute atomic E-state index is 13.5. The van der Waals surface area contributed by atoms with Gasteiger partial charge in [0.1, 0.15) is 5.75 Å². The van der Waals surface area contributed by atoms with Gasteiger partial charge in [0, 0.05) is 28.3 Å². The Hall–Kier alpha value is -4.30. The Labute approximate surface area is 234 Å². The summed E-state index contributed by atoms with van der Waals surface area (Å²) in [6.07, 6.45) is -3.18. The number of hydrogen-bond acceptors (Lipinski definition) is 3. The van der Waals surface area contributed by atoms with Crippen LogP contribution in [-0.4, -0.2) is 30.1 Å². The molecule has 0 aliphatic rings. The standard InChI is InChI=1S/C31H25ClF3NO4/c32-25-13-5-11-22(16-25)27-18-23(30(39)36-14-6-9-20-7-2-1-3-8-20)17-26(29(27)40-19-28(37)38)21-10-4-12-24(15-21)31(33,34)35/h1-5,7-8,10-13,15-18H,6,9,14,19H2,(H,36,39)(H,37,38). The van der Waals surface area contributed by atoms with Crippen LogP contribution < -0.4 is 10.1 Å². The molecule has 0 bridgehead atoms. The van der Waals surface area contributed by atoms with Gasteiger partial charge in [-0.3, -0.25) is 4.79 Å². The number of benzene rings is 4. The zero-order valence-electron chi connectivity index (χ0n) is 21.2. The van der Waals surface area contributed by atoms with Crippen LogP contribution in [0.5, 0.6) is 5.75 Å². The maximum Gasteiger partial charge on any atom is 0.416 e. The smallest absolute Gasteiger partial charge is 0.416 e. The second-order valence-corrected chi connectivity index (χ2v) is 9.45. The molecule has 9 heteroatoms. The van der Waals surface area contributed by atoms with Crippen molar-refractivity contribution in [3.05, 3.63) is 113 Å². The third-order valence-corrected chi connectivity index (χ3v) is 6.33. The van der Waals surface area contributed by atoms with Gasteiger partial charge in [-0.05, 0) is 65.9 Å². The van der Waals surface area contributed by atoms with Crippen LogP contribution in [0.4, 0.5) is 13.2 Å². The Morgan fingerprint density at radius 3 is 2.12 bits per heavy atom. The Balaban J connectivity index is 1.77. The summed E-state index contributed by atoms with van der Waals surface area (Å²) in [6.45, 7) is -0.374. The van der Waals surface area contributed by atoms with Crippen LogP contribution in [0.3, 0.4) is 0 Å². The average molecular weight is 568 g/mol. The van der Waals surface area contributed by atoms with Gasteiger partial charge in [-0.1, -0.05) is 66.2 Å². The van der Waals surface area contributed by atoms with Gasteiger partial charge in [0.15, 0.2) is 6.61 Å². The lowest BCUT2D eigenvalue weighted by molar-refractivity contribution is -0.139. The third-order valence-electron chi connectivity index (χ3n) is 6.10. The molecular weight excluding hydrogens is 543 g/mol. The van der Waals surface area contributed by atoms with Crippen molar-refractivity contribution in [2.75, 3.05) is 13.2 Å². The fourth-order valence-electron chi connectivity index (χ4n) is 4.24. The molecule has 0 aromatic heterocycles. The van der Waals surface area contributed by atoms with E-state index in [2.05, 4.69) is 5.32 Å². The van der Waals surface area contributed by atoms with Crippen LogP contribution in [0.25, 0.3) is 22.3 Å². The minimum Gasteiger partial charge on any atom is -0.481 e. The number of carboxylic acids is 1. The number of aryl methyl sites for hydroxylation is 1. The molecule has 0 saturated carbocycles. The molecule has 206 valence electrons. The molecule has 0 atom stereocenters. The molecule has 1 amide bonds. The van der Waals surface area contributed by atoms with Gasteiger partial charge in [0.05, 0.1) is 5.56 Å². The number of carboxylic acid groups (broad SMARTS) is 1. The number of aliphatic carboxylic acids is 1. The van der Waals surface area contributed by atoms with Crippen molar-refractivity contribution in [2.45, 2.75) is 19.0 Å². The number of carbonyl (C=O) groups is 2. The van der Waals surface area contributed by atoms with Crippen molar-refractivity contribution < 1.29 is 32.6 Å². The van der Waals surface area contributed by atoms with E-state index in [-0.39, 0.29) is 22.4 Å². The van der Waals surface area contributed by atoms with E-state index in [1.165, 1.54) is 24.3 Å². The van der Waals surface area contributed by atoms with Crippen LogP contribution in [0, 0.1) is 0 Å². The molecule has 5 nitrogen and oxygen atoms in total. The quantitative estimate of drug-likeness (QED) is 0.194. The number of ether oxygens (including phenoxy) is 1. The summed E-state index contributed by atoms with van der Waals surface area (Å²) >= 11 is 6.20. The number of rotatable bonds is 10. The van der Waals surface area contributed by atoms with Crippen LogP contribution in [0.15, 0.2) is 91.0 Å². The molecule has 0 unspecified atom stereocenters. The topological polar surface area (TPSA) is 75.6 Å². The van der Waals surface area contributed by atoms with Crippen molar-refractivity contribution in [2.24, 2.45) is 0 Å². The molecule has 0 aliphatic heterocycles. The Bertz CT molecular complexity index is 1510. The average Bonchev–Trinajstić information content (AvgIpc) is 2.94. The minimum atomic E-state index is -4.61. The summed E-state index contributed by atoms with van der Waals surface area (Å²) in [5, 5.41) is 12.5. The predicted molar refractivity (Wildman–Crippen MR) is 148 cm³/mol. The second-order valence-electron chi connectivity index (χ2n) is 9.02. The van der Waals surface area contributed by atoms with Gasteiger partial charge < -0.3 is 15.2 Å². The Morgan fingerprint density at radius 1 is 0.850 bits per heavy atom. The van der Waals surface area contributed by atoms with Gasteiger partial charge in [-0.25, -0.2) is 4.79 Å². The summed E-state index contributed by atoms with van der Waals surface area (Å²) in [5.74, 6) is -1.69. The van der Waals surface area contributed by atoms with E-state index < -0.39 is 30.2 Å². The molecule has 0 spiro atoms. The van der Waals surface area contributed by atoms with Crippen molar-refractivity contribution in [1.82, 2.24) is 5.32 Å². The molecule has 4 aromatic rings. The summed E-state index contributed by atoms with van der Waals surface area (Å²) in [7, 11) is 0. The van der Waals surface area contributed by atoms with Crippen molar-refractivity contribution in [1.29, 1.82) is 0 Å². The molecule has 0 heterocycles. The van der Waals surface area contributed by atoms with Crippen molar-refractivity contribution in [3.63, 3.8) is 0 Å². The Morgan fingerprint density at radius 2 is 1.50 bits per heavy atom. The number of nitrogens with one attached hydrogen (secondary N) is 1. The summed E-state index contributed by atoms with van der Waals surface area (Å²) in [5.41, 5.74) is 1.47. The van der Waals surface area contributed by atoms with Gasteiger partial charge in [-0.2, -0.15) is 13.2 Å². The number of halogens is 4. The lowest BCUT2D eigenvalue weighted by atomic mass is 9.93. The molecule has 4 aromatic carbocycles. The summed E-state index contributed by atoms with van der Waals surface area (Å²) in [6, 6.07) is 23.9. The Kier molecular flexibility index (Phi) is 9.11. The first-order chi connectivity index (χ1) is 19.1. The van der Waals surface area contributed by atoms with Gasteiger partial charge in [-0.15, -0.1) is 0 Å². The summed E-state index contributed by atoms with van der Waals surface area (Å²) in [4.78, 5) is 24.6. The number of carbonyl (C=O) groups excluding carboxylic acids is 1. The fraction of sp³-hybridized carbons (Fsp3) is 0.161. The van der Waals surface area contributed by atoms with Crippen LogP contribution in [-0.2, 0) is 17.4 Å². The lowest BCUT2D eigenvalue weighted by Gasteiger charge is -2.19. The third kappa shape index (κ3) is 7.42. The number of hydrogen-bond donors (Lipinski definition) is 2. The van der Waals surface area contributed by atoms with E-state index in [4.69, 9.17) is 16.3 Å². The minimum absolute atomic E-state index is 0.0182. The normalized spacial score (nSPS) is 11.2. The van der Waals surface area contributed by atoms with Crippen molar-refractivity contribution >= 4 is 23.5 Å². The molecule has 2 N–H and O–H groups in total. The molecular formula is C31H25ClF3NO4. The van der Waals surface area contributed by atoms with E-state index >= 15 is 0 Å². The van der Waals surface area contributed by atoms with E-state index in [9.17, 15) is 27.9 Å². The zero-order chi connectivity index (χ0) is 28.7. The predicted octanol–water partition coefficient (Wildman–Crippen LogP) is 7.52. The number of alkyl halides is 3. The molecule has 0 saturated heterocycles. The molecule has 4 rings (SSSR count). The van der Waals surface area contributed by atoms with Crippen molar-refractivity contribution in [3.8, 4) is 28.0 Å². The summed E-state index contributed by atoms with van der Waals surface area (Å²) < 4.78 is 46.3. The highest BCUT2D eigenvalue weighted by atomic mass is 35.5. The van der Waals surface area contributed by atoms with Crippen LogP contribution >= 0.6 is 11.6 Å². The fourth-order valence-corrected chi connectivity index (χ4v) is 4.43. The van der Waals surface area contributed by atoms with Gasteiger partial charge >= 0.3 is 12.1 Å². The highest BCUT2D eigenvalue weighted by Crippen LogP contribution is 2.42. The van der Waals surface area contributed by atoms with E-state index in [1.807, 2.05) is 30.3 Å². The van der Waals surface area contributed by atoms with Crippen LogP contribution in [0.1, 0.15) is 27.9 Å². The van der Waals surface area contributed by atoms with Gasteiger partial charge in [0.25, 0.3) is 5.91 Å². The lowest BCUT2D eigenvalue weighted by Crippen LogP contribution is -2.25. The number of amides is 1. The maximum atomic E-state index is 13.5. The van der Waals surface area contributed by atoms with E-state index in [0.717, 1.165) is 24.1 Å². The molecule has 0 fully saturated rings. The molecule has 0 aliphatic carbocycles. The first kappa shape index (κ1) is 28.7. The molecule has 40 heavy (non-hydrogen) atoms. The monoisotopic (exact) mass is 567 g/mol. The van der Waals surface area contributed by atoms with Crippen LogP contribution in [0.2, 0.25) is 5.02 Å². The highest BCUT2D eigenvalue weighted by molar-refractivity contribution is 6.30. The van der Waals surface area contributed by atoms with Gasteiger partial charge in [0.2, 0.25) is 0 Å². The first-order valence-electron chi connectivity index (χ1n) is 12.4. The second kappa shape index (κ2) is 12.7. The highest BCUT2D eigenvalue weighted by Gasteiger charge is 2.31. The van der Waals surface area contributed by atoms with E-state index in [0.29, 0.717) is 29.1 Å². The largest absolute Gasteiger partial charge is 0.481 e. The first-order valence-corrected chi connectivity index (χ1v) is 12.8. The van der Waals surface area contributed by atoms with E-state index in [1.54, 1.807) is 24.3 Å².